The van der Waals surface area contributed by atoms with Crippen molar-refractivity contribution in [3.63, 3.8) is 0 Å². The van der Waals surface area contributed by atoms with Gasteiger partial charge in [-0.1, -0.05) is 24.3 Å². The van der Waals surface area contributed by atoms with E-state index in [-0.39, 0.29) is 5.78 Å². The minimum absolute atomic E-state index is 0.0442. The smallest absolute Gasteiger partial charge is 0.159 e. The number of rotatable bonds is 4. The van der Waals surface area contributed by atoms with E-state index < -0.39 is 0 Å². The van der Waals surface area contributed by atoms with Crippen LogP contribution >= 0.6 is 0 Å². The van der Waals surface area contributed by atoms with E-state index in [2.05, 4.69) is 15.3 Å². The number of carbonyl (C=O) groups excluding carboxylic acids is 1. The third kappa shape index (κ3) is 2.94. The minimum Gasteiger partial charge on any atom is -0.455 e. The van der Waals surface area contributed by atoms with Crippen LogP contribution in [0.25, 0.3) is 11.3 Å². The van der Waals surface area contributed by atoms with Gasteiger partial charge in [0.25, 0.3) is 0 Å². The van der Waals surface area contributed by atoms with Crippen LogP contribution in [0.15, 0.2) is 58.6 Å². The summed E-state index contributed by atoms with van der Waals surface area (Å²) >= 11 is 0. The maximum Gasteiger partial charge on any atom is 0.159 e. The zero-order chi connectivity index (χ0) is 14.7. The molecule has 2 aromatic heterocycles. The average Bonchev–Trinajstić information content (AvgIpc) is 3.17. The normalized spacial score (nSPS) is 11.1. The van der Waals surface area contributed by atoms with Crippen molar-refractivity contribution >= 4 is 12.0 Å². The van der Waals surface area contributed by atoms with Crippen LogP contribution in [0.4, 0.5) is 0 Å². The monoisotopic (exact) mass is 280 g/mol. The number of benzene rings is 1. The molecule has 0 fully saturated rings. The van der Waals surface area contributed by atoms with Gasteiger partial charge >= 0.3 is 0 Å². The van der Waals surface area contributed by atoms with Crippen molar-refractivity contribution in [3.8, 4) is 11.3 Å². The van der Waals surface area contributed by atoms with E-state index in [0.717, 1.165) is 11.3 Å². The fourth-order valence-corrected chi connectivity index (χ4v) is 1.83. The van der Waals surface area contributed by atoms with E-state index in [1.165, 1.54) is 17.3 Å². The summed E-state index contributed by atoms with van der Waals surface area (Å²) in [6, 6.07) is 11.0. The second-order valence-corrected chi connectivity index (χ2v) is 4.42. The topological polar surface area (TPSA) is 73.3 Å². The fourth-order valence-electron chi connectivity index (χ4n) is 1.83. The molecule has 0 saturated heterocycles. The molecule has 0 atom stereocenters. The first kappa shape index (κ1) is 13.0. The van der Waals surface area contributed by atoms with E-state index >= 15 is 0 Å². The van der Waals surface area contributed by atoms with Gasteiger partial charge in [-0.3, -0.25) is 4.79 Å². The van der Waals surface area contributed by atoms with Crippen molar-refractivity contribution < 1.29 is 9.21 Å². The Kier molecular flexibility index (Phi) is 3.42. The molecule has 0 radical (unpaired) electrons. The Morgan fingerprint density at radius 2 is 1.86 bits per heavy atom. The van der Waals surface area contributed by atoms with E-state index in [0.29, 0.717) is 11.3 Å². The Hall–Kier alpha value is -3.02. The molecule has 0 aliphatic rings. The zero-order valence-corrected chi connectivity index (χ0v) is 11.3. The number of ketones is 1. The summed E-state index contributed by atoms with van der Waals surface area (Å²) in [5, 5.41) is 11.4. The molecule has 3 aromatic rings. The van der Waals surface area contributed by atoms with Crippen LogP contribution in [-0.2, 0) is 0 Å². The molecule has 6 heteroatoms. The van der Waals surface area contributed by atoms with Gasteiger partial charge in [0.1, 0.15) is 24.2 Å². The maximum atomic E-state index is 11.2. The lowest BCUT2D eigenvalue weighted by Gasteiger charge is -1.98. The molecule has 6 nitrogen and oxygen atoms in total. The molecular formula is C15H12N4O2. The van der Waals surface area contributed by atoms with Gasteiger partial charge < -0.3 is 4.42 Å². The SMILES string of the molecule is CC(=O)c1ccc(-c2ccc(/C=N\n3cnnc3)o2)cc1. The average molecular weight is 280 g/mol. The van der Waals surface area contributed by atoms with E-state index in [9.17, 15) is 4.79 Å². The highest BCUT2D eigenvalue weighted by Crippen LogP contribution is 2.22. The predicted molar refractivity (Wildman–Crippen MR) is 77.2 cm³/mol. The Morgan fingerprint density at radius 1 is 1.14 bits per heavy atom. The largest absolute Gasteiger partial charge is 0.455 e. The first-order valence-corrected chi connectivity index (χ1v) is 6.32. The van der Waals surface area contributed by atoms with E-state index in [1.54, 1.807) is 25.3 Å². The summed E-state index contributed by atoms with van der Waals surface area (Å²) in [6.07, 6.45) is 4.55. The number of nitrogens with zero attached hydrogens (tertiary/aromatic N) is 4. The molecule has 21 heavy (non-hydrogen) atoms. The molecule has 0 bridgehead atoms. The highest BCUT2D eigenvalue weighted by Gasteiger charge is 2.05. The van der Waals surface area contributed by atoms with Crippen LogP contribution in [-0.4, -0.2) is 26.9 Å². The highest BCUT2D eigenvalue weighted by atomic mass is 16.3. The van der Waals surface area contributed by atoms with Gasteiger partial charge in [0.2, 0.25) is 0 Å². The Labute approximate surface area is 120 Å². The summed E-state index contributed by atoms with van der Waals surface area (Å²) in [4.78, 5) is 11.2. The summed E-state index contributed by atoms with van der Waals surface area (Å²) in [7, 11) is 0. The van der Waals surface area contributed by atoms with Gasteiger partial charge in [0.15, 0.2) is 5.78 Å². The maximum absolute atomic E-state index is 11.2. The first-order valence-electron chi connectivity index (χ1n) is 6.32. The minimum atomic E-state index is 0.0442. The fraction of sp³-hybridized carbons (Fsp3) is 0.0667. The molecule has 3 rings (SSSR count). The third-order valence-corrected chi connectivity index (χ3v) is 2.93. The molecule has 0 unspecified atom stereocenters. The molecule has 0 aliphatic heterocycles. The molecule has 0 saturated carbocycles. The van der Waals surface area contributed by atoms with Gasteiger partial charge in [-0.2, -0.15) is 5.10 Å². The summed E-state index contributed by atoms with van der Waals surface area (Å²) in [5.74, 6) is 1.38. The van der Waals surface area contributed by atoms with Crippen LogP contribution in [0, 0.1) is 0 Å². The van der Waals surface area contributed by atoms with Gasteiger partial charge in [-0.05, 0) is 19.1 Å². The van der Waals surface area contributed by atoms with Crippen molar-refractivity contribution in [1.29, 1.82) is 0 Å². The lowest BCUT2D eigenvalue weighted by atomic mass is 10.1. The molecule has 2 heterocycles. The van der Waals surface area contributed by atoms with E-state index in [4.69, 9.17) is 4.42 Å². The lowest BCUT2D eigenvalue weighted by Crippen LogP contribution is -1.90. The highest BCUT2D eigenvalue weighted by molar-refractivity contribution is 5.94. The lowest BCUT2D eigenvalue weighted by molar-refractivity contribution is 0.101. The van der Waals surface area contributed by atoms with Crippen LogP contribution in [0.2, 0.25) is 0 Å². The van der Waals surface area contributed by atoms with Crippen molar-refractivity contribution in [2.45, 2.75) is 6.92 Å². The second-order valence-electron chi connectivity index (χ2n) is 4.42. The van der Waals surface area contributed by atoms with Crippen molar-refractivity contribution in [1.82, 2.24) is 14.9 Å². The summed E-state index contributed by atoms with van der Waals surface area (Å²) in [6.45, 7) is 1.54. The molecule has 1 aromatic carbocycles. The number of Topliss-reactive ketones (excluding diaryl/α,β-unsaturated/α-hetero) is 1. The molecule has 104 valence electrons. The molecule has 0 amide bonds. The first-order chi connectivity index (χ1) is 10.2. The summed E-state index contributed by atoms with van der Waals surface area (Å²) in [5.41, 5.74) is 1.59. The number of aromatic nitrogens is 3. The molecular weight excluding hydrogens is 268 g/mol. The molecule has 0 spiro atoms. The van der Waals surface area contributed by atoms with Gasteiger partial charge in [-0.15, -0.1) is 10.2 Å². The van der Waals surface area contributed by atoms with Gasteiger partial charge in [-0.25, -0.2) is 4.68 Å². The van der Waals surface area contributed by atoms with Crippen molar-refractivity contribution in [2.75, 3.05) is 0 Å². The Bertz CT molecular complexity index is 770. The Morgan fingerprint density at radius 3 is 2.52 bits per heavy atom. The molecule has 0 aliphatic carbocycles. The van der Waals surface area contributed by atoms with Crippen molar-refractivity contribution in [3.05, 3.63) is 60.4 Å². The third-order valence-electron chi connectivity index (χ3n) is 2.93. The van der Waals surface area contributed by atoms with Crippen LogP contribution in [0.5, 0.6) is 0 Å². The standard InChI is InChI=1S/C15H12N4O2/c1-11(20)12-2-4-13(5-3-12)15-7-6-14(21-15)8-18-19-9-16-17-10-19/h2-10H,1H3/b18-8-. The Balaban J connectivity index is 1.79. The number of hydrogen-bond acceptors (Lipinski definition) is 5. The van der Waals surface area contributed by atoms with Crippen LogP contribution < -0.4 is 0 Å². The quantitative estimate of drug-likeness (QED) is 0.544. The van der Waals surface area contributed by atoms with Crippen LogP contribution in [0.3, 0.4) is 0 Å². The van der Waals surface area contributed by atoms with E-state index in [1.807, 2.05) is 24.3 Å². The summed E-state index contributed by atoms with van der Waals surface area (Å²) < 4.78 is 7.16. The zero-order valence-electron chi connectivity index (χ0n) is 11.3. The van der Waals surface area contributed by atoms with Gasteiger partial charge in [0.05, 0.1) is 6.21 Å². The molecule has 0 N–H and O–H groups in total. The number of hydrogen-bond donors (Lipinski definition) is 0. The van der Waals surface area contributed by atoms with Gasteiger partial charge in [0, 0.05) is 11.1 Å². The number of carbonyl (C=O) groups is 1. The van der Waals surface area contributed by atoms with Crippen molar-refractivity contribution in [2.24, 2.45) is 5.10 Å². The number of furan rings is 1. The second kappa shape index (κ2) is 5.54. The van der Waals surface area contributed by atoms with Crippen LogP contribution in [0.1, 0.15) is 23.0 Å². The predicted octanol–water partition coefficient (Wildman–Crippen LogP) is 2.62.